The predicted molar refractivity (Wildman–Crippen MR) is 105 cm³/mol. The number of benzene rings is 1. The van der Waals surface area contributed by atoms with Gasteiger partial charge in [-0.15, -0.1) is 0 Å². The van der Waals surface area contributed by atoms with Gasteiger partial charge in [0.1, 0.15) is 6.04 Å². The molecule has 1 aliphatic heterocycles. The molecule has 0 bridgehead atoms. The van der Waals surface area contributed by atoms with Gasteiger partial charge in [0.05, 0.1) is 11.3 Å². The number of halogens is 3. The maximum atomic E-state index is 13.2. The molecule has 1 aromatic heterocycles. The molecule has 0 spiro atoms. The Balaban J connectivity index is 1.69. The van der Waals surface area contributed by atoms with Gasteiger partial charge in [-0.3, -0.25) is 14.5 Å². The summed E-state index contributed by atoms with van der Waals surface area (Å²) in [5, 5.41) is 9.43. The standard InChI is InChI=1S/C20H18F3N5O4/c1-27(17(30)15-13-4-10(13)8-28(15)19(31)32)14-5-9(2-3-12(14)16(24)29)11-6-25-18(26-7-11)20(21,22)23/h2-3,5-7,10,13,15H,4,8H2,1H3,(H2,24,29)(H,31,32)/t10-,13-,15-/m0/s1. The fourth-order valence-corrected chi connectivity index (χ4v) is 4.12. The van der Waals surface area contributed by atoms with Crippen LogP contribution in [0.25, 0.3) is 11.1 Å². The summed E-state index contributed by atoms with van der Waals surface area (Å²) in [5.41, 5.74) is 6.13. The lowest BCUT2D eigenvalue weighted by atomic mass is 10.0. The van der Waals surface area contributed by atoms with Gasteiger partial charge in [-0.1, -0.05) is 6.07 Å². The summed E-state index contributed by atoms with van der Waals surface area (Å²) in [6, 6.07) is 3.33. The number of primary amides is 1. The molecule has 0 radical (unpaired) electrons. The van der Waals surface area contributed by atoms with Gasteiger partial charge in [-0.05, 0) is 36.0 Å². The molecule has 1 saturated carbocycles. The molecule has 3 N–H and O–H groups in total. The van der Waals surface area contributed by atoms with Crippen molar-refractivity contribution in [2.75, 3.05) is 18.5 Å². The van der Waals surface area contributed by atoms with Crippen molar-refractivity contribution in [2.45, 2.75) is 18.6 Å². The molecule has 2 fully saturated rings. The van der Waals surface area contributed by atoms with E-state index in [0.717, 1.165) is 28.6 Å². The predicted octanol–water partition coefficient (Wildman–Crippen LogP) is 2.22. The summed E-state index contributed by atoms with van der Waals surface area (Å²) in [4.78, 5) is 45.6. The molecule has 4 rings (SSSR count). The van der Waals surface area contributed by atoms with E-state index in [9.17, 15) is 32.7 Å². The van der Waals surface area contributed by atoms with Crippen LogP contribution in [-0.4, -0.2) is 57.5 Å². The fourth-order valence-electron chi connectivity index (χ4n) is 4.12. The SMILES string of the molecule is CN(C(=O)[C@@H]1[C@H]2C[C@H]2CN1C(=O)O)c1cc(-c2cnc(C(F)(F)F)nc2)ccc1C(N)=O. The van der Waals surface area contributed by atoms with Gasteiger partial charge in [-0.25, -0.2) is 14.8 Å². The number of piperidine rings is 1. The number of alkyl halides is 3. The zero-order valence-corrected chi connectivity index (χ0v) is 16.7. The molecule has 32 heavy (non-hydrogen) atoms. The normalized spacial score (nSPS) is 21.8. The smallest absolute Gasteiger partial charge is 0.451 e. The van der Waals surface area contributed by atoms with E-state index in [0.29, 0.717) is 5.56 Å². The summed E-state index contributed by atoms with van der Waals surface area (Å²) in [6.07, 6.45) is -3.17. The van der Waals surface area contributed by atoms with Crippen molar-refractivity contribution in [3.05, 3.63) is 42.0 Å². The Labute approximate surface area is 179 Å². The number of rotatable bonds is 4. The van der Waals surface area contributed by atoms with E-state index in [1.807, 2.05) is 0 Å². The second-order valence-corrected chi connectivity index (χ2v) is 7.83. The van der Waals surface area contributed by atoms with Gasteiger partial charge < -0.3 is 15.7 Å². The number of carbonyl (C=O) groups is 3. The highest BCUT2D eigenvalue weighted by Gasteiger charge is 2.57. The topological polar surface area (TPSA) is 130 Å². The van der Waals surface area contributed by atoms with Crippen molar-refractivity contribution < 1.29 is 32.7 Å². The van der Waals surface area contributed by atoms with E-state index in [4.69, 9.17) is 5.73 Å². The molecule has 0 unspecified atom stereocenters. The number of amides is 3. The molecule has 12 heteroatoms. The minimum atomic E-state index is -4.69. The van der Waals surface area contributed by atoms with Crippen LogP contribution in [-0.2, 0) is 11.0 Å². The van der Waals surface area contributed by atoms with E-state index >= 15 is 0 Å². The lowest BCUT2D eigenvalue weighted by Gasteiger charge is -2.29. The molecule has 1 aliphatic carbocycles. The molecule has 2 aliphatic rings. The van der Waals surface area contributed by atoms with Crippen molar-refractivity contribution in [3.8, 4) is 11.1 Å². The molecule has 168 valence electrons. The first kappa shape index (κ1) is 21.5. The number of hydrogen-bond acceptors (Lipinski definition) is 5. The fraction of sp³-hybridized carbons (Fsp3) is 0.350. The van der Waals surface area contributed by atoms with Gasteiger partial charge in [0.15, 0.2) is 0 Å². The molecule has 2 aromatic rings. The molecule has 1 saturated heterocycles. The zero-order valence-electron chi connectivity index (χ0n) is 16.7. The molecular formula is C20H18F3N5O4. The van der Waals surface area contributed by atoms with Crippen molar-refractivity contribution in [2.24, 2.45) is 17.6 Å². The Kier molecular flexibility index (Phi) is 5.02. The Morgan fingerprint density at radius 2 is 1.84 bits per heavy atom. The summed E-state index contributed by atoms with van der Waals surface area (Å²) in [6.45, 7) is 0.274. The molecule has 3 amide bonds. The molecule has 1 aromatic carbocycles. The van der Waals surface area contributed by atoms with E-state index in [1.165, 1.54) is 25.2 Å². The number of likely N-dealkylation sites (N-methyl/N-ethyl adjacent to an activating group) is 1. The second-order valence-electron chi connectivity index (χ2n) is 7.83. The van der Waals surface area contributed by atoms with Crippen LogP contribution in [0.1, 0.15) is 22.6 Å². The second kappa shape index (κ2) is 7.46. The van der Waals surface area contributed by atoms with Crippen LogP contribution in [0.2, 0.25) is 0 Å². The van der Waals surface area contributed by atoms with E-state index in [1.54, 1.807) is 0 Å². The van der Waals surface area contributed by atoms with E-state index in [2.05, 4.69) is 9.97 Å². The van der Waals surface area contributed by atoms with Gasteiger partial charge in [0.25, 0.3) is 5.91 Å². The highest BCUT2D eigenvalue weighted by atomic mass is 19.4. The van der Waals surface area contributed by atoms with Crippen molar-refractivity contribution in [1.29, 1.82) is 0 Å². The number of fused-ring (bicyclic) bond motifs is 1. The first-order valence-electron chi connectivity index (χ1n) is 9.59. The quantitative estimate of drug-likeness (QED) is 0.736. The van der Waals surface area contributed by atoms with Crippen LogP contribution < -0.4 is 10.6 Å². The highest BCUT2D eigenvalue weighted by molar-refractivity contribution is 6.06. The van der Waals surface area contributed by atoms with Crippen LogP contribution in [0, 0.1) is 11.8 Å². The maximum absolute atomic E-state index is 13.2. The summed E-state index contributed by atoms with van der Waals surface area (Å²) in [7, 11) is 1.40. The lowest BCUT2D eigenvalue weighted by molar-refractivity contribution is -0.145. The van der Waals surface area contributed by atoms with Crippen LogP contribution >= 0.6 is 0 Å². The number of nitrogens with two attached hydrogens (primary N) is 1. The number of carbonyl (C=O) groups excluding carboxylic acids is 2. The van der Waals surface area contributed by atoms with Crippen LogP contribution in [0.4, 0.5) is 23.7 Å². The third kappa shape index (κ3) is 3.72. The monoisotopic (exact) mass is 449 g/mol. The van der Waals surface area contributed by atoms with E-state index < -0.39 is 36.0 Å². The number of likely N-dealkylation sites (tertiary alicyclic amines) is 1. The largest absolute Gasteiger partial charge is 0.465 e. The maximum Gasteiger partial charge on any atom is 0.451 e. The molecular weight excluding hydrogens is 431 g/mol. The summed E-state index contributed by atoms with van der Waals surface area (Å²) < 4.78 is 38.2. The Hall–Kier alpha value is -3.70. The van der Waals surface area contributed by atoms with Crippen molar-refractivity contribution in [3.63, 3.8) is 0 Å². The minimum Gasteiger partial charge on any atom is -0.465 e. The Morgan fingerprint density at radius 1 is 1.19 bits per heavy atom. The average Bonchev–Trinajstić information content (AvgIpc) is 3.41. The zero-order chi connectivity index (χ0) is 23.4. The number of anilines is 1. The van der Waals surface area contributed by atoms with Gasteiger partial charge in [-0.2, -0.15) is 13.2 Å². The Morgan fingerprint density at radius 3 is 2.41 bits per heavy atom. The summed E-state index contributed by atoms with van der Waals surface area (Å²) >= 11 is 0. The van der Waals surface area contributed by atoms with Crippen LogP contribution in [0.5, 0.6) is 0 Å². The number of nitrogens with zero attached hydrogens (tertiary/aromatic N) is 4. The van der Waals surface area contributed by atoms with E-state index in [-0.39, 0.29) is 35.2 Å². The number of aromatic nitrogens is 2. The van der Waals surface area contributed by atoms with Gasteiger partial charge >= 0.3 is 12.3 Å². The number of hydrogen-bond donors (Lipinski definition) is 2. The van der Waals surface area contributed by atoms with Crippen LogP contribution in [0.3, 0.4) is 0 Å². The van der Waals surface area contributed by atoms with Crippen molar-refractivity contribution in [1.82, 2.24) is 14.9 Å². The average molecular weight is 449 g/mol. The molecule has 3 atom stereocenters. The molecule has 9 nitrogen and oxygen atoms in total. The first-order chi connectivity index (χ1) is 15.0. The highest BCUT2D eigenvalue weighted by Crippen LogP contribution is 2.50. The third-order valence-corrected chi connectivity index (χ3v) is 5.84. The lowest BCUT2D eigenvalue weighted by Crippen LogP contribution is -2.48. The Bertz CT molecular complexity index is 1110. The summed E-state index contributed by atoms with van der Waals surface area (Å²) in [5.74, 6) is -2.57. The number of carboxylic acid groups (broad SMARTS) is 1. The first-order valence-corrected chi connectivity index (χ1v) is 9.59. The van der Waals surface area contributed by atoms with Gasteiger partial charge in [0.2, 0.25) is 11.7 Å². The third-order valence-electron chi connectivity index (χ3n) is 5.84. The van der Waals surface area contributed by atoms with Gasteiger partial charge in [0, 0.05) is 31.5 Å². The minimum absolute atomic E-state index is 0.00430. The van der Waals surface area contributed by atoms with Crippen LogP contribution in [0.15, 0.2) is 30.6 Å². The molecule has 2 heterocycles. The van der Waals surface area contributed by atoms with Crippen molar-refractivity contribution >= 4 is 23.6 Å².